The average Bonchev–Trinajstić information content (AvgIpc) is 2.51. The van der Waals surface area contributed by atoms with Crippen LogP contribution < -0.4 is 20.7 Å². The molecule has 0 aliphatic carbocycles. The maximum absolute atomic E-state index is 11.8. The molecule has 0 unspecified atom stereocenters. The van der Waals surface area contributed by atoms with Crippen molar-refractivity contribution in [3.63, 3.8) is 0 Å². The van der Waals surface area contributed by atoms with Crippen molar-refractivity contribution in [2.45, 2.75) is 33.2 Å². The van der Waals surface area contributed by atoms with E-state index in [1.54, 1.807) is 31.2 Å². The number of anilines is 1. The first-order valence-corrected chi connectivity index (χ1v) is 7.50. The van der Waals surface area contributed by atoms with Crippen molar-refractivity contribution < 1.29 is 19.1 Å². The van der Waals surface area contributed by atoms with Gasteiger partial charge in [0.15, 0.2) is 6.61 Å². The van der Waals surface area contributed by atoms with Crippen LogP contribution in [-0.2, 0) is 14.4 Å². The molecule has 7 nitrogen and oxygen atoms in total. The topological polar surface area (TPSA) is 96.5 Å². The summed E-state index contributed by atoms with van der Waals surface area (Å²) in [6.07, 6.45) is 0.829. The van der Waals surface area contributed by atoms with E-state index >= 15 is 0 Å². The van der Waals surface area contributed by atoms with Gasteiger partial charge in [-0.3, -0.25) is 14.4 Å². The van der Waals surface area contributed by atoms with Gasteiger partial charge in [-0.15, -0.1) is 0 Å². The van der Waals surface area contributed by atoms with E-state index in [4.69, 9.17) is 4.74 Å². The largest absolute Gasteiger partial charge is 0.482 e. The van der Waals surface area contributed by atoms with Gasteiger partial charge in [0, 0.05) is 13.5 Å². The molecule has 0 fully saturated rings. The van der Waals surface area contributed by atoms with Crippen molar-refractivity contribution in [1.82, 2.24) is 10.6 Å². The number of hydrogen-bond donors (Lipinski definition) is 3. The molecule has 0 saturated carbocycles. The van der Waals surface area contributed by atoms with Gasteiger partial charge >= 0.3 is 0 Å². The predicted molar refractivity (Wildman–Crippen MR) is 87.1 cm³/mol. The van der Waals surface area contributed by atoms with E-state index in [0.717, 1.165) is 6.42 Å². The third-order valence-electron chi connectivity index (χ3n) is 2.88. The van der Waals surface area contributed by atoms with Crippen molar-refractivity contribution in [3.05, 3.63) is 24.3 Å². The Morgan fingerprint density at radius 3 is 2.57 bits per heavy atom. The van der Waals surface area contributed by atoms with Gasteiger partial charge < -0.3 is 20.7 Å². The maximum Gasteiger partial charge on any atom is 0.258 e. The Morgan fingerprint density at radius 2 is 1.91 bits per heavy atom. The minimum atomic E-state index is -0.636. The highest BCUT2D eigenvalue weighted by molar-refractivity contribution is 5.90. The number of benzene rings is 1. The second-order valence-corrected chi connectivity index (χ2v) is 5.05. The standard InChI is InChI=1S/C16H23N3O4/c1-4-9-17-16(22)11(2)18-15(21)10-23-14-8-6-5-7-13(14)19-12(3)20/h5-8,11H,4,9-10H2,1-3H3,(H,17,22)(H,18,21)(H,19,20)/t11-/m0/s1. The van der Waals surface area contributed by atoms with Gasteiger partial charge in [-0.25, -0.2) is 0 Å². The minimum absolute atomic E-state index is 0.230. The first kappa shape index (κ1) is 18.5. The summed E-state index contributed by atoms with van der Waals surface area (Å²) in [6.45, 7) is 5.26. The van der Waals surface area contributed by atoms with E-state index in [1.165, 1.54) is 6.92 Å². The summed E-state index contributed by atoms with van der Waals surface area (Å²) in [5.41, 5.74) is 0.488. The molecule has 0 radical (unpaired) electrons. The lowest BCUT2D eigenvalue weighted by atomic mass is 10.3. The zero-order chi connectivity index (χ0) is 17.2. The zero-order valence-corrected chi connectivity index (χ0v) is 13.6. The molecule has 1 aromatic carbocycles. The number of amides is 3. The molecule has 0 aliphatic heterocycles. The first-order valence-electron chi connectivity index (χ1n) is 7.50. The van der Waals surface area contributed by atoms with Crippen LogP contribution >= 0.6 is 0 Å². The summed E-state index contributed by atoms with van der Waals surface area (Å²) in [6, 6.07) is 6.17. The lowest BCUT2D eigenvalue weighted by molar-refractivity contribution is -0.129. The number of para-hydroxylation sites is 2. The molecule has 0 spiro atoms. The number of ether oxygens (including phenoxy) is 1. The predicted octanol–water partition coefficient (Wildman–Crippen LogP) is 1.05. The van der Waals surface area contributed by atoms with Crippen molar-refractivity contribution in [1.29, 1.82) is 0 Å². The molecule has 0 heterocycles. The molecule has 0 bridgehead atoms. The van der Waals surface area contributed by atoms with Crippen LogP contribution in [0.25, 0.3) is 0 Å². The number of rotatable bonds is 8. The Morgan fingerprint density at radius 1 is 1.22 bits per heavy atom. The summed E-state index contributed by atoms with van der Waals surface area (Å²) < 4.78 is 5.40. The minimum Gasteiger partial charge on any atom is -0.482 e. The Kier molecular flexibility index (Phi) is 7.59. The number of nitrogens with one attached hydrogen (secondary N) is 3. The lowest BCUT2D eigenvalue weighted by Crippen LogP contribution is -2.46. The van der Waals surface area contributed by atoms with Gasteiger partial charge in [0.05, 0.1) is 5.69 Å². The number of carbonyl (C=O) groups excluding carboxylic acids is 3. The van der Waals surface area contributed by atoms with Crippen molar-refractivity contribution >= 4 is 23.4 Å². The highest BCUT2D eigenvalue weighted by atomic mass is 16.5. The normalized spacial score (nSPS) is 11.3. The molecule has 0 aromatic heterocycles. The molecule has 0 saturated heterocycles. The Labute approximate surface area is 135 Å². The third kappa shape index (κ3) is 6.82. The van der Waals surface area contributed by atoms with Gasteiger partial charge in [-0.05, 0) is 25.5 Å². The summed E-state index contributed by atoms with van der Waals surface area (Å²) in [7, 11) is 0. The van der Waals surface area contributed by atoms with Gasteiger partial charge in [-0.1, -0.05) is 19.1 Å². The Hall–Kier alpha value is -2.57. The second kappa shape index (κ2) is 9.45. The molecule has 23 heavy (non-hydrogen) atoms. The van der Waals surface area contributed by atoms with Crippen LogP contribution in [0.3, 0.4) is 0 Å². The van der Waals surface area contributed by atoms with Gasteiger partial charge in [0.25, 0.3) is 5.91 Å². The molecule has 1 rings (SSSR count). The van der Waals surface area contributed by atoms with Crippen LogP contribution in [0.5, 0.6) is 5.75 Å². The van der Waals surface area contributed by atoms with Crippen molar-refractivity contribution in [2.24, 2.45) is 0 Å². The summed E-state index contributed by atoms with van der Waals surface area (Å²) in [4.78, 5) is 34.6. The fourth-order valence-corrected chi connectivity index (χ4v) is 1.78. The highest BCUT2D eigenvalue weighted by Crippen LogP contribution is 2.23. The van der Waals surface area contributed by atoms with Gasteiger partial charge in [0.2, 0.25) is 11.8 Å². The maximum atomic E-state index is 11.8. The monoisotopic (exact) mass is 321 g/mol. The van der Waals surface area contributed by atoms with Crippen molar-refractivity contribution in [3.8, 4) is 5.75 Å². The zero-order valence-electron chi connectivity index (χ0n) is 13.6. The quantitative estimate of drug-likeness (QED) is 0.667. The van der Waals surface area contributed by atoms with Crippen LogP contribution in [-0.4, -0.2) is 36.9 Å². The molecule has 0 aliphatic rings. The SMILES string of the molecule is CCCNC(=O)[C@H](C)NC(=O)COc1ccccc1NC(C)=O. The fraction of sp³-hybridized carbons (Fsp3) is 0.438. The van der Waals surface area contributed by atoms with Crippen LogP contribution in [0.4, 0.5) is 5.69 Å². The smallest absolute Gasteiger partial charge is 0.258 e. The molecule has 3 N–H and O–H groups in total. The van der Waals surface area contributed by atoms with E-state index < -0.39 is 11.9 Å². The van der Waals surface area contributed by atoms with Crippen LogP contribution in [0.15, 0.2) is 24.3 Å². The van der Waals surface area contributed by atoms with E-state index in [1.807, 2.05) is 6.92 Å². The molecular formula is C16H23N3O4. The Balaban J connectivity index is 2.50. The average molecular weight is 321 g/mol. The lowest BCUT2D eigenvalue weighted by Gasteiger charge is -2.15. The summed E-state index contributed by atoms with van der Waals surface area (Å²) >= 11 is 0. The van der Waals surface area contributed by atoms with Crippen LogP contribution in [0.1, 0.15) is 27.2 Å². The van der Waals surface area contributed by atoms with Gasteiger partial charge in [0.1, 0.15) is 11.8 Å². The number of carbonyl (C=O) groups is 3. The third-order valence-corrected chi connectivity index (χ3v) is 2.88. The highest BCUT2D eigenvalue weighted by Gasteiger charge is 2.15. The second-order valence-electron chi connectivity index (χ2n) is 5.05. The van der Waals surface area contributed by atoms with E-state index in [0.29, 0.717) is 18.0 Å². The van der Waals surface area contributed by atoms with Crippen LogP contribution in [0.2, 0.25) is 0 Å². The van der Waals surface area contributed by atoms with E-state index in [2.05, 4.69) is 16.0 Å². The number of hydrogen-bond acceptors (Lipinski definition) is 4. The summed E-state index contributed by atoms with van der Waals surface area (Å²) in [5, 5.41) is 7.88. The van der Waals surface area contributed by atoms with Crippen molar-refractivity contribution in [2.75, 3.05) is 18.5 Å². The van der Waals surface area contributed by atoms with E-state index in [9.17, 15) is 14.4 Å². The molecule has 7 heteroatoms. The summed E-state index contributed by atoms with van der Waals surface area (Å²) in [5.74, 6) is -0.492. The fourth-order valence-electron chi connectivity index (χ4n) is 1.78. The van der Waals surface area contributed by atoms with Gasteiger partial charge in [-0.2, -0.15) is 0 Å². The first-order chi connectivity index (χ1) is 10.9. The molecule has 1 aromatic rings. The van der Waals surface area contributed by atoms with E-state index in [-0.39, 0.29) is 18.4 Å². The van der Waals surface area contributed by atoms with Crippen LogP contribution in [0, 0.1) is 0 Å². The Bertz CT molecular complexity index is 560. The molecular weight excluding hydrogens is 298 g/mol. The molecule has 126 valence electrons. The molecule has 3 amide bonds. The molecule has 1 atom stereocenters.